The molecule has 0 N–H and O–H groups in total. The zero-order valence-electron chi connectivity index (χ0n) is 12.1. The molecule has 0 radical (unpaired) electrons. The van der Waals surface area contributed by atoms with Gasteiger partial charge in [0.25, 0.3) is 0 Å². The van der Waals surface area contributed by atoms with Gasteiger partial charge in [-0.15, -0.1) is 0 Å². The number of hydrogen-bond donors (Lipinski definition) is 0. The lowest BCUT2D eigenvalue weighted by Crippen LogP contribution is -2.00. The average Bonchev–Trinajstić information content (AvgIpc) is 2.39. The van der Waals surface area contributed by atoms with Gasteiger partial charge < -0.3 is 0 Å². The molecule has 0 unspecified atom stereocenters. The topological polar surface area (TPSA) is 49.1 Å². The summed E-state index contributed by atoms with van der Waals surface area (Å²) >= 11 is 0. The van der Waals surface area contributed by atoms with Crippen LogP contribution in [0.3, 0.4) is 0 Å². The smallest absolute Gasteiger partial charge is 0.273 e. The summed E-state index contributed by atoms with van der Waals surface area (Å²) in [6.07, 6.45) is 8.14. The lowest BCUT2D eigenvalue weighted by Gasteiger charge is -2.10. The Morgan fingerprint density at radius 1 is 0.895 bits per heavy atom. The van der Waals surface area contributed by atoms with Gasteiger partial charge in [0.2, 0.25) is 0 Å². The molecule has 0 aromatic heterocycles. The zero-order valence-corrected chi connectivity index (χ0v) is 13.0. The van der Waals surface area contributed by atoms with Crippen molar-refractivity contribution in [1.82, 2.24) is 0 Å². The highest BCUT2D eigenvalue weighted by atomic mass is 31.2. The van der Waals surface area contributed by atoms with Crippen molar-refractivity contribution in [2.45, 2.75) is 65.2 Å². The van der Waals surface area contributed by atoms with Crippen molar-refractivity contribution in [3.05, 3.63) is 11.6 Å². The fraction of sp³-hybridized carbons (Fsp3) is 0.923. The van der Waals surface area contributed by atoms with Crippen molar-refractivity contribution in [2.75, 3.05) is 13.2 Å². The molecule has 0 aliphatic carbocycles. The summed E-state index contributed by atoms with van der Waals surface area (Å²) in [6, 6.07) is 0. The molecule has 0 atom stereocenters. The molecule has 19 heavy (non-hydrogen) atoms. The highest BCUT2D eigenvalue weighted by molar-refractivity contribution is 7.48. The van der Waals surface area contributed by atoms with Gasteiger partial charge in [-0.1, -0.05) is 57.0 Å². The van der Waals surface area contributed by atoms with Crippen LogP contribution in [0.25, 0.3) is 5.01 Å². The van der Waals surface area contributed by atoms with Gasteiger partial charge >= 0.3 is 7.82 Å². The first kappa shape index (κ1) is 18.4. The summed E-state index contributed by atoms with van der Waals surface area (Å²) in [6.45, 7) is 11.5. The molecule has 0 aliphatic rings. The summed E-state index contributed by atoms with van der Waals surface area (Å²) in [5.41, 5.74) is 0. The van der Waals surface area contributed by atoms with E-state index in [9.17, 15) is 4.57 Å². The molecule has 0 bridgehead atoms. The molecule has 5 nitrogen and oxygen atoms in total. The van der Waals surface area contributed by atoms with E-state index in [1.807, 2.05) is 0 Å². The Balaban J connectivity index is 3.84. The van der Waals surface area contributed by atoms with Crippen molar-refractivity contribution in [1.29, 1.82) is 0 Å². The van der Waals surface area contributed by atoms with Crippen LogP contribution in [0.4, 0.5) is 0 Å². The third kappa shape index (κ3) is 11.0. The number of phosphoric acid groups is 1. The van der Waals surface area contributed by atoms with Crippen molar-refractivity contribution >= 4 is 7.82 Å². The lowest BCUT2D eigenvalue weighted by molar-refractivity contribution is 0.137. The molecule has 0 amide bonds. The van der Waals surface area contributed by atoms with Crippen molar-refractivity contribution in [3.63, 3.8) is 0 Å². The van der Waals surface area contributed by atoms with Gasteiger partial charge in [-0.25, -0.2) is 4.57 Å². The van der Waals surface area contributed by atoms with Gasteiger partial charge in [-0.3, -0.25) is 9.05 Å². The minimum atomic E-state index is -3.67. The highest BCUT2D eigenvalue weighted by Crippen LogP contribution is 2.50. The largest absolute Gasteiger partial charge is 0.602 e. The normalized spacial score (nSPS) is 11.2. The molecule has 6 heteroatoms. The zero-order chi connectivity index (χ0) is 14.4. The van der Waals surface area contributed by atoms with Crippen molar-refractivity contribution < 1.29 is 18.2 Å². The summed E-state index contributed by atoms with van der Waals surface area (Å²) in [7, 11) is -3.67. The van der Waals surface area contributed by atoms with Gasteiger partial charge in [0.05, 0.1) is 13.2 Å². The van der Waals surface area contributed by atoms with Crippen LogP contribution in [0.5, 0.6) is 0 Å². The van der Waals surface area contributed by atoms with Crippen LogP contribution in [0.15, 0.2) is 0 Å². The molecule has 0 heterocycles. The predicted molar refractivity (Wildman–Crippen MR) is 75.5 cm³/mol. The Morgan fingerprint density at radius 2 is 1.37 bits per heavy atom. The molecule has 0 saturated carbocycles. The molecule has 0 rings (SSSR count). The van der Waals surface area contributed by atoms with E-state index in [4.69, 9.17) is 15.6 Å². The van der Waals surface area contributed by atoms with Crippen molar-refractivity contribution in [2.24, 2.45) is 0 Å². The first-order chi connectivity index (χ1) is 9.18. The van der Waals surface area contributed by atoms with Crippen LogP contribution in [-0.4, -0.2) is 13.2 Å². The van der Waals surface area contributed by atoms with Gasteiger partial charge in [-0.2, -0.15) is 6.57 Å². The molecule has 0 spiro atoms. The Bertz CT molecular complexity index is 273. The first-order valence-electron chi connectivity index (χ1n) is 7.13. The Morgan fingerprint density at radius 3 is 1.74 bits per heavy atom. The molecule has 0 aromatic rings. The van der Waals surface area contributed by atoms with Gasteiger partial charge in [0.15, 0.2) is 0 Å². The van der Waals surface area contributed by atoms with Crippen LogP contribution < -0.4 is 0 Å². The Kier molecular flexibility index (Phi) is 12.1. The number of unbranched alkanes of at least 4 members (excludes halogenated alkanes) is 6. The average molecular weight is 291 g/mol. The maximum Gasteiger partial charge on any atom is 0.602 e. The van der Waals surface area contributed by atoms with Crippen LogP contribution in [-0.2, 0) is 18.2 Å². The van der Waals surface area contributed by atoms with E-state index in [-0.39, 0.29) is 0 Å². The first-order valence-corrected chi connectivity index (χ1v) is 8.59. The second-order valence-corrected chi connectivity index (χ2v) is 5.98. The number of phosphoric ester groups is 1. The van der Waals surface area contributed by atoms with Crippen LogP contribution >= 0.6 is 7.82 Å². The van der Waals surface area contributed by atoms with E-state index < -0.39 is 7.82 Å². The fourth-order valence-electron chi connectivity index (χ4n) is 1.54. The van der Waals surface area contributed by atoms with E-state index in [0.717, 1.165) is 51.4 Å². The maximum atomic E-state index is 12.0. The molecule has 0 saturated heterocycles. The summed E-state index contributed by atoms with van der Waals surface area (Å²) in [4.78, 5) is 0. The van der Waals surface area contributed by atoms with Crippen LogP contribution in [0.2, 0.25) is 0 Å². The molecular formula is C13H26NO4P. The molecule has 0 fully saturated rings. The minimum absolute atomic E-state index is 0.307. The second-order valence-electron chi connectivity index (χ2n) is 4.41. The second kappa shape index (κ2) is 12.5. The van der Waals surface area contributed by atoms with Crippen LogP contribution in [0, 0.1) is 6.57 Å². The SMILES string of the molecule is [C-]#[N+]OP(=O)(OCCCCCC)OCCCCCC. The van der Waals surface area contributed by atoms with E-state index in [1.54, 1.807) is 0 Å². The predicted octanol–water partition coefficient (Wildman–Crippen LogP) is 5.14. The molecule has 112 valence electrons. The van der Waals surface area contributed by atoms with Crippen molar-refractivity contribution in [3.8, 4) is 0 Å². The van der Waals surface area contributed by atoms with E-state index in [2.05, 4.69) is 23.5 Å². The number of rotatable bonds is 13. The third-order valence-electron chi connectivity index (χ3n) is 2.64. The van der Waals surface area contributed by atoms with Crippen LogP contribution in [0.1, 0.15) is 65.2 Å². The fourth-order valence-corrected chi connectivity index (χ4v) is 2.52. The lowest BCUT2D eigenvalue weighted by atomic mass is 10.2. The molecule has 0 aromatic carbocycles. The summed E-state index contributed by atoms with van der Waals surface area (Å²) < 4.78 is 26.7. The van der Waals surface area contributed by atoms with Gasteiger partial charge in [0, 0.05) is 0 Å². The quantitative estimate of drug-likeness (QED) is 0.204. The Hall–Kier alpha value is -0.560. The van der Waals surface area contributed by atoms with Gasteiger partial charge in [0.1, 0.15) is 0 Å². The minimum Gasteiger partial charge on any atom is -0.273 e. The van der Waals surface area contributed by atoms with Gasteiger partial charge in [-0.05, 0) is 17.8 Å². The van der Waals surface area contributed by atoms with E-state index >= 15 is 0 Å². The summed E-state index contributed by atoms with van der Waals surface area (Å²) in [5, 5.41) is 2.67. The number of nitrogens with zero attached hydrogens (tertiary/aromatic N) is 1. The molecule has 0 aliphatic heterocycles. The van der Waals surface area contributed by atoms with E-state index in [0.29, 0.717) is 13.2 Å². The maximum absolute atomic E-state index is 12.0. The summed E-state index contributed by atoms with van der Waals surface area (Å²) in [5.74, 6) is 0. The monoisotopic (exact) mass is 291 g/mol. The third-order valence-corrected chi connectivity index (χ3v) is 3.91. The van der Waals surface area contributed by atoms with E-state index in [1.165, 1.54) is 0 Å². The standard InChI is InChI=1S/C13H26NO4P/c1-4-6-8-10-12-16-19(15,18-14-3)17-13-11-9-7-5-2/h4-13H2,1-2H3. The molecular weight excluding hydrogens is 265 g/mol. The Labute approximate surface area is 117 Å². The number of hydrogen-bond acceptors (Lipinski definition) is 4. The highest BCUT2D eigenvalue weighted by Gasteiger charge is 2.32.